The zero-order chi connectivity index (χ0) is 17.6. The number of aromatic nitrogens is 2. The molecule has 0 bridgehead atoms. The van der Waals surface area contributed by atoms with Gasteiger partial charge in [0, 0.05) is 50.2 Å². The Morgan fingerprint density at radius 1 is 1.00 bits per heavy atom. The van der Waals surface area contributed by atoms with Crippen LogP contribution in [-0.4, -0.2) is 41.0 Å². The summed E-state index contributed by atoms with van der Waals surface area (Å²) in [5.41, 5.74) is 4.66. The second-order valence-corrected chi connectivity index (χ2v) is 7.78. The minimum Gasteiger partial charge on any atom is -0.314 e. The van der Waals surface area contributed by atoms with E-state index in [1.54, 1.807) is 0 Å². The molecule has 0 radical (unpaired) electrons. The number of hydrogen-bond donors (Lipinski definition) is 1. The molecule has 0 aromatic carbocycles. The molecular weight excluding hydrogens is 320 g/mol. The summed E-state index contributed by atoms with van der Waals surface area (Å²) in [6.07, 6.45) is 9.99. The maximum atomic E-state index is 4.94. The van der Waals surface area contributed by atoms with Gasteiger partial charge in [0.05, 0.1) is 11.4 Å². The van der Waals surface area contributed by atoms with Crippen LogP contribution >= 0.6 is 0 Å². The number of rotatable bonds is 5. The Balaban J connectivity index is 1.46. The smallest absolute Gasteiger partial charge is 0.0707 e. The van der Waals surface area contributed by atoms with Gasteiger partial charge in [-0.15, -0.1) is 0 Å². The number of piperazine rings is 1. The Morgan fingerprint density at radius 2 is 1.85 bits per heavy atom. The van der Waals surface area contributed by atoms with Gasteiger partial charge < -0.3 is 5.32 Å². The van der Waals surface area contributed by atoms with Crippen LogP contribution in [0.3, 0.4) is 0 Å². The van der Waals surface area contributed by atoms with Gasteiger partial charge in [0.25, 0.3) is 0 Å². The number of pyridine rings is 2. The molecule has 26 heavy (non-hydrogen) atoms. The topological polar surface area (TPSA) is 41.0 Å². The third-order valence-electron chi connectivity index (χ3n) is 5.74. The molecule has 4 rings (SSSR count). The SMILES string of the molecule is c1cc(CN2CCNCC2)nc(-c2ccnc(CC3CCCCC3)c2)c1. The van der Waals surface area contributed by atoms with E-state index in [9.17, 15) is 0 Å². The van der Waals surface area contributed by atoms with Crippen LogP contribution in [0, 0.1) is 5.92 Å². The van der Waals surface area contributed by atoms with Crippen LogP contribution in [0.1, 0.15) is 43.5 Å². The third kappa shape index (κ3) is 4.68. The average molecular weight is 351 g/mol. The molecule has 4 heteroatoms. The summed E-state index contributed by atoms with van der Waals surface area (Å²) in [6.45, 7) is 5.30. The second kappa shape index (κ2) is 8.74. The number of nitrogens with zero attached hydrogens (tertiary/aromatic N) is 3. The predicted octanol–water partition coefficient (Wildman–Crippen LogP) is 3.67. The Labute approximate surface area is 157 Å². The van der Waals surface area contributed by atoms with E-state index < -0.39 is 0 Å². The minimum atomic E-state index is 0.818. The Morgan fingerprint density at radius 3 is 2.69 bits per heavy atom. The van der Waals surface area contributed by atoms with Gasteiger partial charge in [-0.25, -0.2) is 0 Å². The summed E-state index contributed by atoms with van der Waals surface area (Å²) in [4.78, 5) is 12.0. The van der Waals surface area contributed by atoms with Gasteiger partial charge in [-0.05, 0) is 36.6 Å². The van der Waals surface area contributed by atoms with Gasteiger partial charge >= 0.3 is 0 Å². The van der Waals surface area contributed by atoms with E-state index in [-0.39, 0.29) is 0 Å². The summed E-state index contributed by atoms with van der Waals surface area (Å²) in [6, 6.07) is 10.8. The minimum absolute atomic E-state index is 0.818. The highest BCUT2D eigenvalue weighted by molar-refractivity contribution is 5.59. The first-order valence-corrected chi connectivity index (χ1v) is 10.2. The number of hydrogen-bond acceptors (Lipinski definition) is 4. The molecule has 138 valence electrons. The van der Waals surface area contributed by atoms with Crippen molar-refractivity contribution in [3.8, 4) is 11.3 Å². The fraction of sp³-hybridized carbons (Fsp3) is 0.545. The fourth-order valence-corrected chi connectivity index (χ4v) is 4.26. The normalized spacial score (nSPS) is 19.5. The van der Waals surface area contributed by atoms with Gasteiger partial charge in [0.1, 0.15) is 0 Å². The highest BCUT2D eigenvalue weighted by Gasteiger charge is 2.15. The van der Waals surface area contributed by atoms with Crippen LogP contribution in [0.4, 0.5) is 0 Å². The molecule has 4 nitrogen and oxygen atoms in total. The quantitative estimate of drug-likeness (QED) is 0.893. The van der Waals surface area contributed by atoms with Crippen molar-refractivity contribution in [1.82, 2.24) is 20.2 Å². The van der Waals surface area contributed by atoms with E-state index in [1.807, 2.05) is 6.20 Å². The molecule has 2 aliphatic rings. The molecule has 1 N–H and O–H groups in total. The van der Waals surface area contributed by atoms with Crippen molar-refractivity contribution in [2.75, 3.05) is 26.2 Å². The number of nitrogens with one attached hydrogen (secondary N) is 1. The standard InChI is InChI=1S/C22H30N4/c1-2-5-18(6-3-1)15-21-16-19(9-10-24-21)22-8-4-7-20(25-22)17-26-13-11-23-12-14-26/h4,7-10,16,18,23H,1-3,5-6,11-15,17H2. The van der Waals surface area contributed by atoms with E-state index in [0.717, 1.165) is 56.5 Å². The lowest BCUT2D eigenvalue weighted by atomic mass is 9.86. The maximum absolute atomic E-state index is 4.94. The Kier molecular flexibility index (Phi) is 5.92. The summed E-state index contributed by atoms with van der Waals surface area (Å²) >= 11 is 0. The van der Waals surface area contributed by atoms with Crippen molar-refractivity contribution < 1.29 is 0 Å². The summed E-state index contributed by atoms with van der Waals surface area (Å²) < 4.78 is 0. The van der Waals surface area contributed by atoms with Crippen molar-refractivity contribution in [1.29, 1.82) is 0 Å². The van der Waals surface area contributed by atoms with Crippen LogP contribution in [-0.2, 0) is 13.0 Å². The molecule has 1 aliphatic carbocycles. The van der Waals surface area contributed by atoms with E-state index in [2.05, 4.69) is 45.5 Å². The van der Waals surface area contributed by atoms with E-state index in [0.29, 0.717) is 0 Å². The van der Waals surface area contributed by atoms with Crippen molar-refractivity contribution >= 4 is 0 Å². The van der Waals surface area contributed by atoms with Crippen LogP contribution < -0.4 is 5.32 Å². The zero-order valence-corrected chi connectivity index (χ0v) is 15.7. The summed E-state index contributed by atoms with van der Waals surface area (Å²) in [5, 5.41) is 3.41. The first-order chi connectivity index (χ1) is 12.9. The van der Waals surface area contributed by atoms with E-state index in [1.165, 1.54) is 43.4 Å². The first kappa shape index (κ1) is 17.6. The summed E-state index contributed by atoms with van der Waals surface area (Å²) in [5.74, 6) is 0.818. The van der Waals surface area contributed by atoms with Gasteiger partial charge in [-0.2, -0.15) is 0 Å². The van der Waals surface area contributed by atoms with Crippen LogP contribution in [0.15, 0.2) is 36.5 Å². The van der Waals surface area contributed by atoms with Crippen molar-refractivity contribution in [3.63, 3.8) is 0 Å². The highest BCUT2D eigenvalue weighted by atomic mass is 15.2. The fourth-order valence-electron chi connectivity index (χ4n) is 4.26. The molecule has 2 aromatic rings. The average Bonchev–Trinajstić information content (AvgIpc) is 2.70. The molecule has 0 spiro atoms. The largest absolute Gasteiger partial charge is 0.314 e. The molecule has 1 saturated carbocycles. The lowest BCUT2D eigenvalue weighted by Gasteiger charge is -2.26. The molecule has 0 amide bonds. The van der Waals surface area contributed by atoms with Crippen molar-refractivity contribution in [2.45, 2.75) is 45.1 Å². The maximum Gasteiger partial charge on any atom is 0.0707 e. The second-order valence-electron chi connectivity index (χ2n) is 7.78. The molecular formula is C22H30N4. The third-order valence-corrected chi connectivity index (χ3v) is 5.74. The van der Waals surface area contributed by atoms with Crippen LogP contribution in [0.25, 0.3) is 11.3 Å². The van der Waals surface area contributed by atoms with Gasteiger partial charge in [0.2, 0.25) is 0 Å². The predicted molar refractivity (Wildman–Crippen MR) is 106 cm³/mol. The van der Waals surface area contributed by atoms with Crippen molar-refractivity contribution in [2.24, 2.45) is 5.92 Å². The monoisotopic (exact) mass is 350 g/mol. The van der Waals surface area contributed by atoms with Crippen LogP contribution in [0.2, 0.25) is 0 Å². The van der Waals surface area contributed by atoms with Gasteiger partial charge in [0.15, 0.2) is 0 Å². The lowest BCUT2D eigenvalue weighted by Crippen LogP contribution is -2.43. The molecule has 2 fully saturated rings. The molecule has 1 saturated heterocycles. The molecule has 2 aromatic heterocycles. The molecule has 3 heterocycles. The van der Waals surface area contributed by atoms with Gasteiger partial charge in [-0.1, -0.05) is 38.2 Å². The zero-order valence-electron chi connectivity index (χ0n) is 15.7. The lowest BCUT2D eigenvalue weighted by molar-refractivity contribution is 0.231. The van der Waals surface area contributed by atoms with E-state index >= 15 is 0 Å². The van der Waals surface area contributed by atoms with E-state index in [4.69, 9.17) is 4.98 Å². The molecule has 0 atom stereocenters. The molecule has 1 aliphatic heterocycles. The first-order valence-electron chi connectivity index (χ1n) is 10.2. The van der Waals surface area contributed by atoms with Gasteiger partial charge in [-0.3, -0.25) is 14.9 Å². The summed E-state index contributed by atoms with van der Waals surface area (Å²) in [7, 11) is 0. The molecule has 0 unspecified atom stereocenters. The Hall–Kier alpha value is -1.78. The Bertz CT molecular complexity index is 641. The van der Waals surface area contributed by atoms with Crippen LogP contribution in [0.5, 0.6) is 0 Å². The van der Waals surface area contributed by atoms with Crippen molar-refractivity contribution in [3.05, 3.63) is 47.9 Å². The highest BCUT2D eigenvalue weighted by Crippen LogP contribution is 2.27.